The van der Waals surface area contributed by atoms with Crippen LogP contribution in [0.3, 0.4) is 0 Å². The molecule has 7 nitrogen and oxygen atoms in total. The van der Waals surface area contributed by atoms with Gasteiger partial charge in [0.1, 0.15) is 10.6 Å². The Morgan fingerprint density at radius 1 is 1.11 bits per heavy atom. The monoisotopic (exact) mass is 559 g/mol. The molecule has 2 aliphatic heterocycles. The zero-order valence-electron chi connectivity index (χ0n) is 20.3. The number of anilines is 1. The lowest BCUT2D eigenvalue weighted by molar-refractivity contribution is 0.246. The smallest absolute Gasteiger partial charge is 0.262 e. The second-order valence-electron chi connectivity index (χ2n) is 9.02. The first-order valence-corrected chi connectivity index (χ1v) is 12.6. The van der Waals surface area contributed by atoms with Crippen molar-refractivity contribution in [2.45, 2.75) is 26.4 Å². The van der Waals surface area contributed by atoms with E-state index in [0.717, 1.165) is 84.5 Å². The number of thiophene rings is 1. The summed E-state index contributed by atoms with van der Waals surface area (Å²) in [5.74, 6) is 0.815. The van der Waals surface area contributed by atoms with Gasteiger partial charge in [-0.25, -0.2) is 4.98 Å². The molecule has 192 valence electrons. The van der Waals surface area contributed by atoms with E-state index < -0.39 is 0 Å². The summed E-state index contributed by atoms with van der Waals surface area (Å²) in [5.41, 5.74) is 3.49. The highest BCUT2D eigenvalue weighted by molar-refractivity contribution is 7.18. The molecule has 0 saturated carbocycles. The van der Waals surface area contributed by atoms with Crippen molar-refractivity contribution in [1.82, 2.24) is 19.4 Å². The zero-order valence-corrected chi connectivity index (χ0v) is 23.5. The maximum Gasteiger partial charge on any atom is 0.262 e. The first kappa shape index (κ1) is 28.0. The summed E-state index contributed by atoms with van der Waals surface area (Å²) < 4.78 is 7.36. The largest absolute Gasteiger partial charge is 0.495 e. The van der Waals surface area contributed by atoms with Gasteiger partial charge in [-0.05, 0) is 37.6 Å². The highest BCUT2D eigenvalue weighted by Gasteiger charge is 2.23. The van der Waals surface area contributed by atoms with Gasteiger partial charge in [-0.1, -0.05) is 11.6 Å². The zero-order chi connectivity index (χ0) is 23.1. The lowest BCUT2D eigenvalue weighted by atomic mass is 10.1. The molecule has 1 saturated heterocycles. The van der Waals surface area contributed by atoms with Gasteiger partial charge >= 0.3 is 0 Å². The van der Waals surface area contributed by atoms with Crippen molar-refractivity contribution in [3.8, 4) is 5.75 Å². The van der Waals surface area contributed by atoms with Gasteiger partial charge in [-0.15, -0.1) is 36.2 Å². The average Bonchev–Trinajstić information content (AvgIpc) is 3.18. The number of halogens is 3. The van der Waals surface area contributed by atoms with E-state index in [-0.39, 0.29) is 30.4 Å². The molecule has 1 aromatic carbocycles. The third kappa shape index (κ3) is 5.58. The molecule has 3 aromatic rings. The van der Waals surface area contributed by atoms with Gasteiger partial charge in [-0.3, -0.25) is 14.3 Å². The normalized spacial score (nSPS) is 16.5. The Kier molecular flexibility index (Phi) is 9.34. The van der Waals surface area contributed by atoms with Gasteiger partial charge in [0.25, 0.3) is 5.56 Å². The summed E-state index contributed by atoms with van der Waals surface area (Å²) in [5, 5.41) is 1.57. The Bertz CT molecular complexity index is 1240. The van der Waals surface area contributed by atoms with Crippen LogP contribution in [0.2, 0.25) is 5.02 Å². The number of aryl methyl sites for hydroxylation is 1. The third-order valence-electron chi connectivity index (χ3n) is 6.85. The van der Waals surface area contributed by atoms with E-state index in [1.54, 1.807) is 29.3 Å². The van der Waals surface area contributed by atoms with Gasteiger partial charge in [0.2, 0.25) is 0 Å². The minimum absolute atomic E-state index is 0. The molecule has 0 bridgehead atoms. The number of ether oxygens (including phenoxy) is 1. The molecule has 35 heavy (non-hydrogen) atoms. The Hall–Kier alpha value is -1.55. The van der Waals surface area contributed by atoms with Crippen LogP contribution in [-0.4, -0.2) is 72.8 Å². The number of rotatable bonds is 5. The van der Waals surface area contributed by atoms with Crippen molar-refractivity contribution in [3.05, 3.63) is 49.8 Å². The van der Waals surface area contributed by atoms with Crippen molar-refractivity contribution < 1.29 is 4.74 Å². The molecule has 2 aliphatic rings. The number of hydrogen-bond acceptors (Lipinski definition) is 7. The van der Waals surface area contributed by atoms with E-state index in [1.165, 1.54) is 10.4 Å². The highest BCUT2D eigenvalue weighted by atomic mass is 35.5. The Balaban J connectivity index is 0.00000171. The van der Waals surface area contributed by atoms with Gasteiger partial charge in [0.05, 0.1) is 24.5 Å². The molecule has 4 heterocycles. The van der Waals surface area contributed by atoms with Gasteiger partial charge < -0.3 is 14.5 Å². The molecular formula is C24H32Cl3N5O2S. The summed E-state index contributed by atoms with van der Waals surface area (Å²) in [6.45, 7) is 9.14. The molecule has 0 amide bonds. The van der Waals surface area contributed by atoms with Crippen LogP contribution in [0.15, 0.2) is 23.3 Å². The molecule has 2 aromatic heterocycles. The van der Waals surface area contributed by atoms with Crippen LogP contribution >= 0.6 is 47.8 Å². The molecule has 0 aliphatic carbocycles. The van der Waals surface area contributed by atoms with E-state index in [0.29, 0.717) is 6.54 Å². The molecule has 0 unspecified atom stereocenters. The van der Waals surface area contributed by atoms with Crippen LogP contribution in [0.25, 0.3) is 10.2 Å². The van der Waals surface area contributed by atoms with Crippen LogP contribution in [0.5, 0.6) is 5.75 Å². The maximum atomic E-state index is 13.2. The van der Waals surface area contributed by atoms with Crippen molar-refractivity contribution in [2.24, 2.45) is 0 Å². The van der Waals surface area contributed by atoms with E-state index in [4.69, 9.17) is 16.3 Å². The summed E-state index contributed by atoms with van der Waals surface area (Å²) >= 11 is 7.95. The van der Waals surface area contributed by atoms with Crippen LogP contribution in [0.1, 0.15) is 16.0 Å². The summed E-state index contributed by atoms with van der Waals surface area (Å²) in [7, 11) is 3.81. The molecule has 0 radical (unpaired) electrons. The van der Waals surface area contributed by atoms with Crippen molar-refractivity contribution >= 4 is 63.7 Å². The number of benzene rings is 1. The van der Waals surface area contributed by atoms with E-state index in [1.807, 2.05) is 13.0 Å². The summed E-state index contributed by atoms with van der Waals surface area (Å²) in [4.78, 5) is 27.1. The second-order valence-corrected chi connectivity index (χ2v) is 10.5. The van der Waals surface area contributed by atoms with Gasteiger partial charge in [0.15, 0.2) is 0 Å². The number of nitrogens with zero attached hydrogens (tertiary/aromatic N) is 5. The van der Waals surface area contributed by atoms with Crippen LogP contribution in [0.4, 0.5) is 5.69 Å². The number of methoxy groups -OCH3 is 1. The minimum Gasteiger partial charge on any atom is -0.495 e. The molecular weight excluding hydrogens is 529 g/mol. The number of aromatic nitrogens is 2. The van der Waals surface area contributed by atoms with Crippen LogP contribution in [-0.2, 0) is 19.5 Å². The maximum absolute atomic E-state index is 13.2. The fourth-order valence-corrected chi connectivity index (χ4v) is 6.24. The molecule has 0 spiro atoms. The standard InChI is InChI=1S/C24H30ClN5O2S.2ClH/c1-16-12-19(20(32-3)13-18(16)25)29-9-6-28(7-10-29)8-11-30-15-26-23-22(24(30)31)17-4-5-27(2)14-21(17)33-23;;/h12-13,15H,4-11,14H2,1-3H3;2*1H. The van der Waals surface area contributed by atoms with Gasteiger partial charge in [-0.2, -0.15) is 0 Å². The van der Waals surface area contributed by atoms with E-state index in [9.17, 15) is 4.79 Å². The second kappa shape index (κ2) is 11.7. The fourth-order valence-electron chi connectivity index (χ4n) is 4.83. The van der Waals surface area contributed by atoms with Crippen LogP contribution < -0.4 is 15.2 Å². The predicted octanol–water partition coefficient (Wildman–Crippen LogP) is 4.08. The molecule has 5 rings (SSSR count). The minimum atomic E-state index is 0. The predicted molar refractivity (Wildman–Crippen MR) is 150 cm³/mol. The summed E-state index contributed by atoms with van der Waals surface area (Å²) in [6, 6.07) is 4.01. The van der Waals surface area contributed by atoms with E-state index in [2.05, 4.69) is 32.8 Å². The Morgan fingerprint density at radius 3 is 2.57 bits per heavy atom. The highest BCUT2D eigenvalue weighted by Crippen LogP contribution is 2.34. The number of hydrogen-bond donors (Lipinski definition) is 0. The summed E-state index contributed by atoms with van der Waals surface area (Å²) in [6.07, 6.45) is 2.66. The SMILES string of the molecule is COc1cc(Cl)c(C)cc1N1CCN(CCn2cnc3sc4c(c3c2=O)CCN(C)C4)CC1.Cl.Cl. The van der Waals surface area contributed by atoms with Crippen molar-refractivity contribution in [3.63, 3.8) is 0 Å². The molecule has 11 heteroatoms. The van der Waals surface area contributed by atoms with Crippen molar-refractivity contribution in [1.29, 1.82) is 0 Å². The topological polar surface area (TPSA) is 53.8 Å². The average molecular weight is 561 g/mol. The Labute approximate surface area is 227 Å². The fraction of sp³-hybridized carbons (Fsp3) is 0.500. The van der Waals surface area contributed by atoms with Gasteiger partial charge in [0, 0.05) is 68.3 Å². The molecule has 1 fully saturated rings. The number of fused-ring (bicyclic) bond motifs is 3. The number of piperazine rings is 1. The lowest BCUT2D eigenvalue weighted by Gasteiger charge is -2.36. The first-order chi connectivity index (χ1) is 15.9. The number of likely N-dealkylation sites (N-methyl/N-ethyl adjacent to an activating group) is 1. The molecule has 0 N–H and O–H groups in total. The lowest BCUT2D eigenvalue weighted by Crippen LogP contribution is -2.47. The quantitative estimate of drug-likeness (QED) is 0.469. The third-order valence-corrected chi connectivity index (χ3v) is 8.38. The Morgan fingerprint density at radius 2 is 1.86 bits per heavy atom. The van der Waals surface area contributed by atoms with E-state index >= 15 is 0 Å². The first-order valence-electron chi connectivity index (χ1n) is 11.4. The van der Waals surface area contributed by atoms with Crippen molar-refractivity contribution in [2.75, 3.05) is 58.3 Å². The molecule has 0 atom stereocenters. The van der Waals surface area contributed by atoms with Crippen LogP contribution in [0, 0.1) is 6.92 Å².